The normalized spacial score (nSPS) is 19.9. The Kier molecular flexibility index (Phi) is 2.26. The molecule has 1 aromatic heterocycles. The van der Waals surface area contributed by atoms with Gasteiger partial charge in [0.2, 0.25) is 0 Å². The van der Waals surface area contributed by atoms with Crippen molar-refractivity contribution in [3.05, 3.63) is 16.6 Å². The lowest BCUT2D eigenvalue weighted by Gasteiger charge is -2.38. The molecule has 0 spiro atoms. The Morgan fingerprint density at radius 3 is 2.69 bits per heavy atom. The topological polar surface area (TPSA) is 27.1 Å². The first-order valence-electron chi connectivity index (χ1n) is 4.05. The summed E-state index contributed by atoms with van der Waals surface area (Å²) in [5.74, 6) is 0. The van der Waals surface area contributed by atoms with Crippen molar-refractivity contribution in [3.8, 4) is 0 Å². The van der Waals surface area contributed by atoms with Crippen LogP contribution >= 0.6 is 23.2 Å². The third-order valence-corrected chi connectivity index (χ3v) is 2.96. The third kappa shape index (κ3) is 1.68. The predicted octanol–water partition coefficient (Wildman–Crippen LogP) is 2.23. The molecule has 1 aliphatic heterocycles. The van der Waals surface area contributed by atoms with Crippen LogP contribution in [-0.2, 0) is 11.3 Å². The van der Waals surface area contributed by atoms with Crippen LogP contribution in [0.3, 0.4) is 0 Å². The Labute approximate surface area is 86.6 Å². The van der Waals surface area contributed by atoms with Gasteiger partial charge in [-0.1, -0.05) is 30.1 Å². The number of hydrogen-bond acceptors (Lipinski definition) is 2. The van der Waals surface area contributed by atoms with Crippen LogP contribution in [0.1, 0.15) is 6.92 Å². The lowest BCUT2D eigenvalue weighted by molar-refractivity contribution is -0.110. The lowest BCUT2D eigenvalue weighted by atomic mass is 9.89. The van der Waals surface area contributed by atoms with Crippen molar-refractivity contribution in [2.24, 2.45) is 5.41 Å². The van der Waals surface area contributed by atoms with Gasteiger partial charge < -0.3 is 9.30 Å². The van der Waals surface area contributed by atoms with Gasteiger partial charge in [0.05, 0.1) is 19.5 Å². The fourth-order valence-corrected chi connectivity index (χ4v) is 1.71. The van der Waals surface area contributed by atoms with E-state index in [0.29, 0.717) is 10.3 Å². The van der Waals surface area contributed by atoms with Crippen LogP contribution in [0.2, 0.25) is 10.3 Å². The summed E-state index contributed by atoms with van der Waals surface area (Å²) in [6, 6.07) is 0. The maximum Gasteiger partial charge on any atom is 0.166 e. The molecule has 13 heavy (non-hydrogen) atoms. The van der Waals surface area contributed by atoms with E-state index >= 15 is 0 Å². The maximum atomic E-state index is 5.92. The Bertz CT molecular complexity index is 320. The Hall–Kier alpha value is -0.250. The molecule has 1 aliphatic rings. The van der Waals surface area contributed by atoms with Crippen LogP contribution in [0.5, 0.6) is 0 Å². The summed E-state index contributed by atoms with van der Waals surface area (Å²) in [7, 11) is 0. The average Bonchev–Trinajstić information content (AvgIpc) is 2.33. The molecule has 0 atom stereocenters. The molecule has 0 amide bonds. The summed E-state index contributed by atoms with van der Waals surface area (Å²) in [5.41, 5.74) is 0.188. The highest BCUT2D eigenvalue weighted by Gasteiger charge is 2.34. The number of nitrogens with zero attached hydrogens (tertiary/aromatic N) is 2. The minimum absolute atomic E-state index is 0.188. The molecule has 0 aromatic carbocycles. The number of rotatable bonds is 2. The monoisotopic (exact) mass is 220 g/mol. The summed E-state index contributed by atoms with van der Waals surface area (Å²) in [5, 5.41) is 0.875. The first-order valence-corrected chi connectivity index (χ1v) is 4.80. The first kappa shape index (κ1) is 9.31. The van der Waals surface area contributed by atoms with E-state index in [2.05, 4.69) is 11.9 Å². The molecule has 0 bridgehead atoms. The van der Waals surface area contributed by atoms with E-state index in [4.69, 9.17) is 27.9 Å². The van der Waals surface area contributed by atoms with E-state index in [1.165, 1.54) is 0 Å². The van der Waals surface area contributed by atoms with Gasteiger partial charge in [0.15, 0.2) is 5.15 Å². The van der Waals surface area contributed by atoms with Gasteiger partial charge in [-0.2, -0.15) is 0 Å². The molecule has 0 unspecified atom stereocenters. The lowest BCUT2D eigenvalue weighted by Crippen LogP contribution is -2.43. The predicted molar refractivity (Wildman–Crippen MR) is 51.2 cm³/mol. The summed E-state index contributed by atoms with van der Waals surface area (Å²) in [6.45, 7) is 4.52. The van der Waals surface area contributed by atoms with Crippen molar-refractivity contribution in [2.45, 2.75) is 13.5 Å². The molecule has 1 aromatic rings. The Balaban J connectivity index is 2.13. The van der Waals surface area contributed by atoms with Crippen LogP contribution in [0.25, 0.3) is 0 Å². The minimum atomic E-state index is 0.188. The molecule has 0 saturated carbocycles. The number of ether oxygens (including phenoxy) is 1. The molecular formula is C8H10Cl2N2O. The molecule has 5 heteroatoms. The maximum absolute atomic E-state index is 5.92. The first-order chi connectivity index (χ1) is 6.11. The molecule has 1 saturated heterocycles. The van der Waals surface area contributed by atoms with E-state index in [1.54, 1.807) is 6.33 Å². The highest BCUT2D eigenvalue weighted by molar-refractivity contribution is 6.40. The zero-order valence-corrected chi connectivity index (χ0v) is 8.77. The molecule has 3 nitrogen and oxygen atoms in total. The number of imidazole rings is 1. The van der Waals surface area contributed by atoms with Crippen molar-refractivity contribution in [1.82, 2.24) is 9.55 Å². The zero-order valence-electron chi connectivity index (χ0n) is 7.26. The number of halogens is 2. The van der Waals surface area contributed by atoms with Gasteiger partial charge in [-0.3, -0.25) is 0 Å². The summed E-state index contributed by atoms with van der Waals surface area (Å²) >= 11 is 11.6. The van der Waals surface area contributed by atoms with Gasteiger partial charge >= 0.3 is 0 Å². The van der Waals surface area contributed by atoms with Gasteiger partial charge in [0.1, 0.15) is 5.15 Å². The van der Waals surface area contributed by atoms with E-state index < -0.39 is 0 Å². The smallest absolute Gasteiger partial charge is 0.166 e. The fourth-order valence-electron chi connectivity index (χ4n) is 1.41. The van der Waals surface area contributed by atoms with E-state index in [9.17, 15) is 0 Å². The SMILES string of the molecule is CC1(Cn2cnc(Cl)c2Cl)COC1. The molecule has 2 rings (SSSR count). The minimum Gasteiger partial charge on any atom is -0.380 e. The van der Waals surface area contributed by atoms with E-state index in [0.717, 1.165) is 19.8 Å². The van der Waals surface area contributed by atoms with Crippen LogP contribution in [-0.4, -0.2) is 22.8 Å². The molecule has 0 aliphatic carbocycles. The van der Waals surface area contributed by atoms with Crippen LogP contribution < -0.4 is 0 Å². The summed E-state index contributed by atoms with van der Waals surface area (Å²) in [4.78, 5) is 3.91. The standard InChI is InChI=1S/C8H10Cl2N2O/c1-8(3-13-4-8)2-12-5-11-6(9)7(12)10/h5H,2-4H2,1H3. The Morgan fingerprint density at radius 1 is 1.62 bits per heavy atom. The molecule has 1 fully saturated rings. The van der Waals surface area contributed by atoms with E-state index in [-0.39, 0.29) is 5.41 Å². The van der Waals surface area contributed by atoms with Crippen LogP contribution in [0.15, 0.2) is 6.33 Å². The third-order valence-electron chi connectivity index (χ3n) is 2.19. The largest absolute Gasteiger partial charge is 0.380 e. The van der Waals surface area contributed by atoms with Gasteiger partial charge in [0, 0.05) is 12.0 Å². The quantitative estimate of drug-likeness (QED) is 0.765. The van der Waals surface area contributed by atoms with Crippen LogP contribution in [0, 0.1) is 5.41 Å². The van der Waals surface area contributed by atoms with Gasteiger partial charge in [-0.05, 0) is 0 Å². The second-order valence-electron chi connectivity index (χ2n) is 3.76. The Morgan fingerprint density at radius 2 is 2.31 bits per heavy atom. The molecule has 72 valence electrons. The van der Waals surface area contributed by atoms with Crippen molar-refractivity contribution >= 4 is 23.2 Å². The van der Waals surface area contributed by atoms with Gasteiger partial charge in [-0.25, -0.2) is 4.98 Å². The molecule has 0 radical (unpaired) electrons. The number of hydrogen-bond donors (Lipinski definition) is 0. The highest BCUT2D eigenvalue weighted by atomic mass is 35.5. The van der Waals surface area contributed by atoms with Crippen molar-refractivity contribution in [1.29, 1.82) is 0 Å². The number of aromatic nitrogens is 2. The van der Waals surface area contributed by atoms with Crippen molar-refractivity contribution in [2.75, 3.05) is 13.2 Å². The van der Waals surface area contributed by atoms with Crippen molar-refractivity contribution < 1.29 is 4.74 Å². The summed E-state index contributed by atoms with van der Waals surface area (Å²) in [6.07, 6.45) is 1.66. The average molecular weight is 221 g/mol. The van der Waals surface area contributed by atoms with Gasteiger partial charge in [-0.15, -0.1) is 0 Å². The summed E-state index contributed by atoms with van der Waals surface area (Å²) < 4.78 is 7.00. The molecular weight excluding hydrogens is 211 g/mol. The fraction of sp³-hybridized carbons (Fsp3) is 0.625. The zero-order chi connectivity index (χ0) is 9.47. The molecule has 2 heterocycles. The highest BCUT2D eigenvalue weighted by Crippen LogP contribution is 2.31. The molecule has 0 N–H and O–H groups in total. The van der Waals surface area contributed by atoms with Crippen molar-refractivity contribution in [3.63, 3.8) is 0 Å². The second-order valence-corrected chi connectivity index (χ2v) is 4.47. The van der Waals surface area contributed by atoms with Gasteiger partial charge in [0.25, 0.3) is 0 Å². The van der Waals surface area contributed by atoms with E-state index in [1.807, 2.05) is 4.57 Å². The van der Waals surface area contributed by atoms with Crippen LogP contribution in [0.4, 0.5) is 0 Å². The second kappa shape index (κ2) is 3.15.